The largest absolute Gasteiger partial charge is 0.392 e. The monoisotopic (exact) mass is 284 g/mol. The van der Waals surface area contributed by atoms with E-state index in [0.717, 1.165) is 23.5 Å². The Morgan fingerprint density at radius 2 is 2.11 bits per heavy atom. The summed E-state index contributed by atoms with van der Waals surface area (Å²) in [5.41, 5.74) is 0.817. The van der Waals surface area contributed by atoms with Gasteiger partial charge in [0.1, 0.15) is 0 Å². The summed E-state index contributed by atoms with van der Waals surface area (Å²) in [6.45, 7) is 6.42. The zero-order chi connectivity index (χ0) is 14.4. The molecule has 5 nitrogen and oxygen atoms in total. The van der Waals surface area contributed by atoms with E-state index in [9.17, 15) is 15.2 Å². The molecule has 6 heteroatoms. The van der Waals surface area contributed by atoms with Crippen molar-refractivity contribution < 1.29 is 10.0 Å². The van der Waals surface area contributed by atoms with Crippen LogP contribution in [0.25, 0.3) is 0 Å². The lowest BCUT2D eigenvalue weighted by atomic mass is 10.2. The fourth-order valence-corrected chi connectivity index (χ4v) is 2.45. The van der Waals surface area contributed by atoms with Gasteiger partial charge in [0.05, 0.1) is 11.0 Å². The van der Waals surface area contributed by atoms with Crippen molar-refractivity contribution in [2.45, 2.75) is 43.4 Å². The molecule has 1 rings (SSSR count). The maximum atomic E-state index is 10.9. The van der Waals surface area contributed by atoms with E-state index >= 15 is 0 Å². The van der Waals surface area contributed by atoms with Crippen LogP contribution in [0.15, 0.2) is 23.1 Å². The number of nitro groups is 1. The Hall–Kier alpha value is -1.27. The van der Waals surface area contributed by atoms with Crippen LogP contribution in [0.5, 0.6) is 0 Å². The topological polar surface area (TPSA) is 75.4 Å². The van der Waals surface area contributed by atoms with E-state index in [1.807, 2.05) is 19.9 Å². The number of aliphatic hydroxyl groups excluding tert-OH is 1. The first kappa shape index (κ1) is 15.8. The van der Waals surface area contributed by atoms with Gasteiger partial charge in [-0.1, -0.05) is 13.8 Å². The van der Waals surface area contributed by atoms with E-state index in [0.29, 0.717) is 0 Å². The number of nitrogens with one attached hydrogen (secondary N) is 1. The number of non-ortho nitro benzene ring substituents is 1. The Morgan fingerprint density at radius 3 is 2.63 bits per heavy atom. The molecule has 0 aliphatic carbocycles. The third kappa shape index (κ3) is 5.08. The summed E-state index contributed by atoms with van der Waals surface area (Å²) >= 11 is 1.44. The summed E-state index contributed by atoms with van der Waals surface area (Å²) in [4.78, 5) is 11.3. The molecule has 2 unspecified atom stereocenters. The number of hydrogen-bond acceptors (Lipinski definition) is 5. The number of benzene rings is 1. The molecule has 0 bridgehead atoms. The van der Waals surface area contributed by atoms with Crippen molar-refractivity contribution >= 4 is 23.1 Å². The molecule has 0 aliphatic heterocycles. The van der Waals surface area contributed by atoms with Gasteiger partial charge in [-0.3, -0.25) is 10.1 Å². The highest BCUT2D eigenvalue weighted by molar-refractivity contribution is 8.00. The van der Waals surface area contributed by atoms with Crippen LogP contribution in [-0.2, 0) is 0 Å². The maximum absolute atomic E-state index is 10.9. The Morgan fingerprint density at radius 1 is 1.42 bits per heavy atom. The zero-order valence-corrected chi connectivity index (χ0v) is 12.2. The first-order chi connectivity index (χ1) is 8.93. The molecule has 1 aromatic carbocycles. The Kier molecular flexibility index (Phi) is 6.11. The summed E-state index contributed by atoms with van der Waals surface area (Å²) in [5, 5.41) is 23.6. The third-order valence-corrected chi connectivity index (χ3v) is 3.96. The molecule has 19 heavy (non-hydrogen) atoms. The van der Waals surface area contributed by atoms with Gasteiger partial charge in [-0.05, 0) is 19.4 Å². The molecule has 2 N–H and O–H groups in total. The van der Waals surface area contributed by atoms with E-state index in [-0.39, 0.29) is 10.9 Å². The molecule has 1 aromatic rings. The number of hydrogen-bond donors (Lipinski definition) is 2. The molecule has 0 saturated carbocycles. The highest BCUT2D eigenvalue weighted by Crippen LogP contribution is 2.31. The van der Waals surface area contributed by atoms with Gasteiger partial charge in [0.15, 0.2) is 0 Å². The van der Waals surface area contributed by atoms with Crippen molar-refractivity contribution in [3.05, 3.63) is 28.3 Å². The first-order valence-electron chi connectivity index (χ1n) is 6.32. The van der Waals surface area contributed by atoms with Crippen LogP contribution in [0, 0.1) is 10.1 Å². The second kappa shape index (κ2) is 7.35. The number of rotatable bonds is 7. The summed E-state index contributed by atoms with van der Waals surface area (Å²) in [6.07, 6.45) is 0.492. The van der Waals surface area contributed by atoms with Crippen molar-refractivity contribution in [3.63, 3.8) is 0 Å². The SMILES string of the molecule is CCCNc1cc(SC(C)C(C)O)cc([N+](=O)[O-])c1. The van der Waals surface area contributed by atoms with Crippen LogP contribution in [0.4, 0.5) is 11.4 Å². The zero-order valence-electron chi connectivity index (χ0n) is 11.4. The second-order valence-corrected chi connectivity index (χ2v) is 5.91. The molecule has 106 valence electrons. The predicted octanol–water partition coefficient (Wildman–Crippen LogP) is 3.28. The Labute approximate surface area is 117 Å². The van der Waals surface area contributed by atoms with Crippen molar-refractivity contribution in [1.82, 2.24) is 0 Å². The lowest BCUT2D eigenvalue weighted by Crippen LogP contribution is -2.14. The van der Waals surface area contributed by atoms with Crippen LogP contribution in [0.1, 0.15) is 27.2 Å². The quantitative estimate of drug-likeness (QED) is 0.456. The molecule has 0 aromatic heterocycles. The summed E-state index contributed by atoms with van der Waals surface area (Å²) in [7, 11) is 0. The maximum Gasteiger partial charge on any atom is 0.272 e. The van der Waals surface area contributed by atoms with Gasteiger partial charge in [-0.15, -0.1) is 11.8 Å². The van der Waals surface area contributed by atoms with Crippen LogP contribution in [-0.4, -0.2) is 27.9 Å². The molecular formula is C13H20N2O3S. The van der Waals surface area contributed by atoms with Crippen LogP contribution < -0.4 is 5.32 Å². The number of anilines is 1. The molecule has 0 heterocycles. The smallest absolute Gasteiger partial charge is 0.272 e. The minimum absolute atomic E-state index is 0.0129. The summed E-state index contributed by atoms with van der Waals surface area (Å²) in [5.74, 6) is 0. The summed E-state index contributed by atoms with van der Waals surface area (Å²) in [6, 6.07) is 4.96. The van der Waals surface area contributed by atoms with Crippen molar-refractivity contribution in [2.75, 3.05) is 11.9 Å². The van der Waals surface area contributed by atoms with Gasteiger partial charge >= 0.3 is 0 Å². The van der Waals surface area contributed by atoms with Gasteiger partial charge in [0.25, 0.3) is 5.69 Å². The van der Waals surface area contributed by atoms with Crippen LogP contribution in [0.2, 0.25) is 0 Å². The standard InChI is InChI=1S/C13H20N2O3S/c1-4-5-14-11-6-12(15(17)18)8-13(7-11)19-10(3)9(2)16/h6-10,14,16H,4-5H2,1-3H3. The van der Waals surface area contributed by atoms with Gasteiger partial charge in [-0.25, -0.2) is 0 Å². The average molecular weight is 284 g/mol. The van der Waals surface area contributed by atoms with Crippen LogP contribution >= 0.6 is 11.8 Å². The fourth-order valence-electron chi connectivity index (χ4n) is 1.44. The van der Waals surface area contributed by atoms with Gasteiger partial charge in [-0.2, -0.15) is 0 Å². The molecule has 0 spiro atoms. The van der Waals surface area contributed by atoms with E-state index in [1.54, 1.807) is 13.0 Å². The molecule has 0 aliphatic rings. The predicted molar refractivity (Wildman–Crippen MR) is 78.9 cm³/mol. The van der Waals surface area contributed by atoms with Gasteiger partial charge < -0.3 is 10.4 Å². The lowest BCUT2D eigenvalue weighted by Gasteiger charge is -2.15. The molecule has 0 radical (unpaired) electrons. The van der Waals surface area contributed by atoms with Crippen molar-refractivity contribution in [3.8, 4) is 0 Å². The third-order valence-electron chi connectivity index (χ3n) is 2.68. The second-order valence-electron chi connectivity index (χ2n) is 4.46. The number of nitro benzene ring substituents is 1. The fraction of sp³-hybridized carbons (Fsp3) is 0.538. The first-order valence-corrected chi connectivity index (χ1v) is 7.20. The minimum atomic E-state index is -0.462. The van der Waals surface area contributed by atoms with Gasteiger partial charge in [0, 0.05) is 34.5 Å². The van der Waals surface area contributed by atoms with E-state index < -0.39 is 11.0 Å². The Balaban J connectivity index is 2.95. The number of thioether (sulfide) groups is 1. The normalized spacial score (nSPS) is 13.9. The lowest BCUT2D eigenvalue weighted by molar-refractivity contribution is -0.385. The highest BCUT2D eigenvalue weighted by Gasteiger charge is 2.14. The number of aliphatic hydroxyl groups is 1. The van der Waals surface area contributed by atoms with E-state index in [1.165, 1.54) is 17.8 Å². The molecule has 0 fully saturated rings. The van der Waals surface area contributed by atoms with Gasteiger partial charge in [0.2, 0.25) is 0 Å². The molecular weight excluding hydrogens is 264 g/mol. The van der Waals surface area contributed by atoms with Crippen molar-refractivity contribution in [1.29, 1.82) is 0 Å². The van der Waals surface area contributed by atoms with Crippen LogP contribution in [0.3, 0.4) is 0 Å². The van der Waals surface area contributed by atoms with E-state index in [2.05, 4.69) is 5.32 Å². The summed E-state index contributed by atoms with van der Waals surface area (Å²) < 4.78 is 0. The number of nitrogens with zero attached hydrogens (tertiary/aromatic N) is 1. The molecule has 0 amide bonds. The minimum Gasteiger partial charge on any atom is -0.392 e. The highest BCUT2D eigenvalue weighted by atomic mass is 32.2. The Bertz CT molecular complexity index is 438. The average Bonchev–Trinajstić information content (AvgIpc) is 2.35. The molecule has 2 atom stereocenters. The molecule has 0 saturated heterocycles. The van der Waals surface area contributed by atoms with Crippen molar-refractivity contribution in [2.24, 2.45) is 0 Å². The van der Waals surface area contributed by atoms with E-state index in [4.69, 9.17) is 0 Å².